The first-order valence-corrected chi connectivity index (χ1v) is 6.20. The molecule has 0 fully saturated rings. The van der Waals surface area contributed by atoms with E-state index >= 15 is 0 Å². The number of hydrogen-bond acceptors (Lipinski definition) is 1. The summed E-state index contributed by atoms with van der Waals surface area (Å²) < 4.78 is 2.33. The minimum Gasteiger partial charge on any atom is -0.346 e. The highest BCUT2D eigenvalue weighted by Gasteiger charge is 2.17. The van der Waals surface area contributed by atoms with Gasteiger partial charge in [-0.3, -0.25) is 0 Å². The van der Waals surface area contributed by atoms with Crippen molar-refractivity contribution < 1.29 is 0 Å². The highest BCUT2D eigenvalue weighted by atomic mass is 15.0. The van der Waals surface area contributed by atoms with Crippen molar-refractivity contribution in [1.82, 2.24) is 9.88 Å². The number of rotatable bonds is 2. The van der Waals surface area contributed by atoms with Gasteiger partial charge in [0, 0.05) is 24.2 Å². The molecule has 1 aromatic carbocycles. The predicted molar refractivity (Wildman–Crippen MR) is 74.6 cm³/mol. The van der Waals surface area contributed by atoms with Crippen molar-refractivity contribution in [3.8, 4) is 0 Å². The maximum atomic E-state index is 3.34. The molecule has 2 rings (SSSR count). The number of hydrogen-bond donors (Lipinski definition) is 1. The van der Waals surface area contributed by atoms with Crippen LogP contribution in [0.15, 0.2) is 12.1 Å². The molecule has 2 heteroatoms. The van der Waals surface area contributed by atoms with Gasteiger partial charge in [0.2, 0.25) is 0 Å². The fraction of sp³-hybridized carbons (Fsp3) is 0.467. The van der Waals surface area contributed by atoms with Gasteiger partial charge in [-0.25, -0.2) is 0 Å². The van der Waals surface area contributed by atoms with Crippen LogP contribution in [0.3, 0.4) is 0 Å². The SMILES string of the molecule is CNC(C)c1c(C)c2cc(C)cc(C)c2n1C. The standard InChI is InChI=1S/C15H22N2/c1-9-7-10(2)14-13(8-9)11(3)15(17(14)6)12(4)16-5/h7-8,12,16H,1-6H3. The van der Waals surface area contributed by atoms with Gasteiger partial charge in [0.25, 0.3) is 0 Å². The molecule has 1 heterocycles. The molecule has 2 aromatic rings. The second kappa shape index (κ2) is 4.19. The number of fused-ring (bicyclic) bond motifs is 1. The molecule has 1 N–H and O–H groups in total. The molecule has 0 amide bonds. The van der Waals surface area contributed by atoms with E-state index in [0.717, 1.165) is 0 Å². The quantitative estimate of drug-likeness (QED) is 0.837. The molecule has 0 aliphatic carbocycles. The van der Waals surface area contributed by atoms with Crippen molar-refractivity contribution in [2.45, 2.75) is 33.7 Å². The summed E-state index contributed by atoms with van der Waals surface area (Å²) in [4.78, 5) is 0. The molecule has 0 bridgehead atoms. The fourth-order valence-corrected chi connectivity index (χ4v) is 2.95. The first kappa shape index (κ1) is 12.2. The second-order valence-electron chi connectivity index (χ2n) is 5.06. The lowest BCUT2D eigenvalue weighted by atomic mass is 10.0. The van der Waals surface area contributed by atoms with Crippen molar-refractivity contribution >= 4 is 10.9 Å². The van der Waals surface area contributed by atoms with Crippen LogP contribution in [-0.4, -0.2) is 11.6 Å². The zero-order valence-corrected chi connectivity index (χ0v) is 11.7. The molecule has 0 saturated heterocycles. The topological polar surface area (TPSA) is 17.0 Å². The largest absolute Gasteiger partial charge is 0.346 e. The van der Waals surface area contributed by atoms with Crippen LogP contribution >= 0.6 is 0 Å². The average molecular weight is 230 g/mol. The van der Waals surface area contributed by atoms with E-state index in [0.29, 0.717) is 6.04 Å². The Labute approximate surface area is 104 Å². The molecule has 2 nitrogen and oxygen atoms in total. The molecule has 0 aliphatic heterocycles. The summed E-state index contributed by atoms with van der Waals surface area (Å²) >= 11 is 0. The van der Waals surface area contributed by atoms with Crippen LogP contribution in [0.25, 0.3) is 10.9 Å². The first-order valence-electron chi connectivity index (χ1n) is 6.20. The van der Waals surface area contributed by atoms with Crippen LogP contribution in [0.4, 0.5) is 0 Å². The smallest absolute Gasteiger partial charge is 0.0513 e. The molecular weight excluding hydrogens is 208 g/mol. The highest BCUT2D eigenvalue weighted by molar-refractivity contribution is 5.88. The molecule has 0 radical (unpaired) electrons. The third-order valence-electron chi connectivity index (χ3n) is 3.77. The Kier molecular flexibility index (Phi) is 3.00. The van der Waals surface area contributed by atoms with Crippen molar-refractivity contribution in [3.05, 3.63) is 34.5 Å². The summed E-state index contributed by atoms with van der Waals surface area (Å²) in [6.07, 6.45) is 0. The summed E-state index contributed by atoms with van der Waals surface area (Å²) in [5.74, 6) is 0. The Morgan fingerprint density at radius 1 is 1.18 bits per heavy atom. The minimum absolute atomic E-state index is 0.382. The summed E-state index contributed by atoms with van der Waals surface area (Å²) in [5, 5.41) is 4.73. The lowest BCUT2D eigenvalue weighted by Gasteiger charge is -2.13. The summed E-state index contributed by atoms with van der Waals surface area (Å²) in [7, 11) is 4.18. The number of aryl methyl sites for hydroxylation is 4. The first-order chi connectivity index (χ1) is 7.97. The summed E-state index contributed by atoms with van der Waals surface area (Å²) in [5.41, 5.74) is 6.85. The fourth-order valence-electron chi connectivity index (χ4n) is 2.95. The van der Waals surface area contributed by atoms with E-state index < -0.39 is 0 Å². The van der Waals surface area contributed by atoms with Gasteiger partial charge < -0.3 is 9.88 Å². The van der Waals surface area contributed by atoms with Gasteiger partial charge in [-0.05, 0) is 51.9 Å². The Morgan fingerprint density at radius 3 is 2.41 bits per heavy atom. The van der Waals surface area contributed by atoms with Gasteiger partial charge in [0.1, 0.15) is 0 Å². The zero-order valence-electron chi connectivity index (χ0n) is 11.7. The van der Waals surface area contributed by atoms with Gasteiger partial charge in [-0.2, -0.15) is 0 Å². The second-order valence-corrected chi connectivity index (χ2v) is 5.06. The lowest BCUT2D eigenvalue weighted by molar-refractivity contribution is 0.605. The van der Waals surface area contributed by atoms with Crippen molar-refractivity contribution in [1.29, 1.82) is 0 Å². The van der Waals surface area contributed by atoms with Crippen LogP contribution in [0, 0.1) is 20.8 Å². The van der Waals surface area contributed by atoms with Gasteiger partial charge in [-0.1, -0.05) is 11.6 Å². The number of benzene rings is 1. The molecule has 0 saturated carbocycles. The van der Waals surface area contributed by atoms with Crippen LogP contribution < -0.4 is 5.32 Å². The predicted octanol–water partition coefficient (Wildman–Crippen LogP) is 3.38. The van der Waals surface area contributed by atoms with Crippen molar-refractivity contribution in [3.63, 3.8) is 0 Å². The Hall–Kier alpha value is -1.28. The van der Waals surface area contributed by atoms with Crippen LogP contribution in [-0.2, 0) is 7.05 Å². The third-order valence-corrected chi connectivity index (χ3v) is 3.77. The summed E-state index contributed by atoms with van der Waals surface area (Å²) in [6.45, 7) is 8.80. The van der Waals surface area contributed by atoms with E-state index in [4.69, 9.17) is 0 Å². The van der Waals surface area contributed by atoms with Gasteiger partial charge in [-0.15, -0.1) is 0 Å². The van der Waals surface area contributed by atoms with E-state index in [1.165, 1.54) is 33.3 Å². The Morgan fingerprint density at radius 2 is 1.82 bits per heavy atom. The Balaban J connectivity index is 2.85. The molecule has 1 unspecified atom stereocenters. The lowest BCUT2D eigenvalue weighted by Crippen LogP contribution is -2.16. The number of nitrogens with zero attached hydrogens (tertiary/aromatic N) is 1. The molecule has 92 valence electrons. The molecule has 17 heavy (non-hydrogen) atoms. The van der Waals surface area contributed by atoms with Crippen LogP contribution in [0.2, 0.25) is 0 Å². The monoisotopic (exact) mass is 230 g/mol. The van der Waals surface area contributed by atoms with Gasteiger partial charge >= 0.3 is 0 Å². The number of nitrogens with one attached hydrogen (secondary N) is 1. The normalized spacial score (nSPS) is 13.3. The zero-order chi connectivity index (χ0) is 12.7. The van der Waals surface area contributed by atoms with Crippen LogP contribution in [0.5, 0.6) is 0 Å². The van der Waals surface area contributed by atoms with E-state index in [1.807, 2.05) is 7.05 Å². The van der Waals surface area contributed by atoms with E-state index in [-0.39, 0.29) is 0 Å². The summed E-state index contributed by atoms with van der Waals surface area (Å²) in [6, 6.07) is 4.94. The average Bonchev–Trinajstić information content (AvgIpc) is 2.50. The van der Waals surface area contributed by atoms with Crippen LogP contribution in [0.1, 0.15) is 35.3 Å². The third kappa shape index (κ3) is 1.77. The van der Waals surface area contributed by atoms with E-state index in [2.05, 4.69) is 56.8 Å². The van der Waals surface area contributed by atoms with E-state index in [9.17, 15) is 0 Å². The van der Waals surface area contributed by atoms with Crippen molar-refractivity contribution in [2.24, 2.45) is 7.05 Å². The minimum atomic E-state index is 0.382. The number of aromatic nitrogens is 1. The molecule has 1 atom stereocenters. The molecule has 1 aromatic heterocycles. The maximum Gasteiger partial charge on any atom is 0.0513 e. The molecule has 0 spiro atoms. The van der Waals surface area contributed by atoms with Crippen molar-refractivity contribution in [2.75, 3.05) is 7.05 Å². The molecular formula is C15H22N2. The maximum absolute atomic E-state index is 3.34. The Bertz CT molecular complexity index is 564. The van der Waals surface area contributed by atoms with E-state index in [1.54, 1.807) is 0 Å². The van der Waals surface area contributed by atoms with Gasteiger partial charge in [0.05, 0.1) is 5.52 Å². The highest BCUT2D eigenvalue weighted by Crippen LogP contribution is 2.31. The van der Waals surface area contributed by atoms with Gasteiger partial charge in [0.15, 0.2) is 0 Å². The molecule has 0 aliphatic rings.